The Morgan fingerprint density at radius 1 is 1.28 bits per heavy atom. The van der Waals surface area contributed by atoms with Gasteiger partial charge in [0.05, 0.1) is 11.2 Å². The second-order valence-electron chi connectivity index (χ2n) is 4.90. The van der Waals surface area contributed by atoms with E-state index in [0.29, 0.717) is 33.6 Å². The maximum atomic E-state index is 13.8. The van der Waals surface area contributed by atoms with E-state index in [-0.39, 0.29) is 6.61 Å². The summed E-state index contributed by atoms with van der Waals surface area (Å²) in [6.45, 7) is 4.15. The number of thiocarbonyl (C=S) groups is 1. The molecule has 0 atom stereocenters. The van der Waals surface area contributed by atoms with Gasteiger partial charge in [0.15, 0.2) is 5.11 Å². The van der Waals surface area contributed by atoms with E-state index in [1.807, 2.05) is 18.2 Å². The minimum absolute atomic E-state index is 0.0170. The highest BCUT2D eigenvalue weighted by Gasteiger charge is 2.09. The van der Waals surface area contributed by atoms with Crippen molar-refractivity contribution < 1.29 is 9.13 Å². The number of nitrogens with zero attached hydrogens (tertiary/aromatic N) is 1. The van der Waals surface area contributed by atoms with Gasteiger partial charge in [-0.3, -0.25) is 5.43 Å². The summed E-state index contributed by atoms with van der Waals surface area (Å²) in [5, 5.41) is 7.65. The van der Waals surface area contributed by atoms with Crippen LogP contribution in [0.4, 0.5) is 4.39 Å². The number of hydrazone groups is 1. The van der Waals surface area contributed by atoms with Gasteiger partial charge >= 0.3 is 0 Å². The molecule has 0 aliphatic rings. The van der Waals surface area contributed by atoms with Crippen molar-refractivity contribution in [1.29, 1.82) is 0 Å². The molecule has 7 heteroatoms. The second kappa shape index (κ2) is 9.76. The summed E-state index contributed by atoms with van der Waals surface area (Å²) >= 11 is 11.1. The van der Waals surface area contributed by atoms with Crippen LogP contribution in [0.1, 0.15) is 11.1 Å². The van der Waals surface area contributed by atoms with Crippen molar-refractivity contribution in [3.8, 4) is 5.75 Å². The van der Waals surface area contributed by atoms with Gasteiger partial charge in [-0.1, -0.05) is 35.9 Å². The number of rotatable bonds is 7. The molecule has 0 saturated heterocycles. The van der Waals surface area contributed by atoms with Gasteiger partial charge in [0.2, 0.25) is 0 Å². The molecular weight excluding hydrogens is 361 g/mol. The van der Waals surface area contributed by atoms with E-state index in [1.54, 1.807) is 30.5 Å². The van der Waals surface area contributed by atoms with Gasteiger partial charge in [0, 0.05) is 17.7 Å². The van der Waals surface area contributed by atoms with Gasteiger partial charge in [-0.25, -0.2) is 4.39 Å². The Morgan fingerprint density at radius 3 is 2.84 bits per heavy atom. The van der Waals surface area contributed by atoms with Crippen LogP contribution in [0.25, 0.3) is 0 Å². The zero-order valence-electron chi connectivity index (χ0n) is 13.3. The standard InChI is InChI=1S/C18H17ClFN3OS/c1-2-10-21-18(25)23-22-11-13-6-3-4-9-17(13)24-12-14-15(19)7-5-8-16(14)20/h2-9,11H,1,10,12H2,(H2,21,23,25)/b22-11+. The van der Waals surface area contributed by atoms with Gasteiger partial charge in [-0.05, 0) is 36.5 Å². The zero-order valence-corrected chi connectivity index (χ0v) is 14.9. The normalized spacial score (nSPS) is 10.5. The first-order valence-electron chi connectivity index (χ1n) is 7.44. The van der Waals surface area contributed by atoms with Gasteiger partial charge in [-0.15, -0.1) is 6.58 Å². The van der Waals surface area contributed by atoms with Crippen molar-refractivity contribution in [2.45, 2.75) is 6.61 Å². The lowest BCUT2D eigenvalue weighted by molar-refractivity contribution is 0.299. The fraction of sp³-hybridized carbons (Fsp3) is 0.111. The molecule has 130 valence electrons. The summed E-state index contributed by atoms with van der Waals surface area (Å²) in [7, 11) is 0. The molecule has 0 aliphatic carbocycles. The zero-order chi connectivity index (χ0) is 18.1. The van der Waals surface area contributed by atoms with Crippen LogP contribution >= 0.6 is 23.8 Å². The highest BCUT2D eigenvalue weighted by Crippen LogP contribution is 2.23. The van der Waals surface area contributed by atoms with Crippen LogP contribution in [0.3, 0.4) is 0 Å². The smallest absolute Gasteiger partial charge is 0.187 e. The van der Waals surface area contributed by atoms with Crippen LogP contribution in [-0.4, -0.2) is 17.9 Å². The van der Waals surface area contributed by atoms with E-state index in [1.165, 1.54) is 6.07 Å². The molecule has 0 bridgehead atoms. The van der Waals surface area contributed by atoms with Gasteiger partial charge in [0.1, 0.15) is 18.2 Å². The number of halogens is 2. The fourth-order valence-electron chi connectivity index (χ4n) is 1.90. The molecule has 0 heterocycles. The molecule has 0 fully saturated rings. The quantitative estimate of drug-likeness (QED) is 0.331. The monoisotopic (exact) mass is 377 g/mol. The largest absolute Gasteiger partial charge is 0.488 e. The van der Waals surface area contributed by atoms with E-state index in [2.05, 4.69) is 22.4 Å². The average molecular weight is 378 g/mol. The fourth-order valence-corrected chi connectivity index (χ4v) is 2.26. The van der Waals surface area contributed by atoms with Crippen LogP contribution in [0.5, 0.6) is 5.75 Å². The first-order valence-corrected chi connectivity index (χ1v) is 8.23. The molecule has 0 saturated carbocycles. The van der Waals surface area contributed by atoms with Crippen LogP contribution in [0.15, 0.2) is 60.2 Å². The Balaban J connectivity index is 2.03. The molecule has 0 spiro atoms. The molecule has 2 rings (SSSR count). The first kappa shape index (κ1) is 18.9. The predicted molar refractivity (Wildman–Crippen MR) is 104 cm³/mol. The average Bonchev–Trinajstić information content (AvgIpc) is 2.60. The summed E-state index contributed by atoms with van der Waals surface area (Å²) < 4.78 is 19.5. The number of hydrogen-bond acceptors (Lipinski definition) is 3. The molecule has 25 heavy (non-hydrogen) atoms. The highest BCUT2D eigenvalue weighted by molar-refractivity contribution is 7.80. The molecule has 4 nitrogen and oxygen atoms in total. The van der Waals surface area contributed by atoms with Crippen LogP contribution in [-0.2, 0) is 6.61 Å². The van der Waals surface area contributed by atoms with E-state index in [9.17, 15) is 4.39 Å². The van der Waals surface area contributed by atoms with Crippen molar-refractivity contribution in [1.82, 2.24) is 10.7 Å². The lowest BCUT2D eigenvalue weighted by atomic mass is 10.2. The number of nitrogens with one attached hydrogen (secondary N) is 2. The lowest BCUT2D eigenvalue weighted by Gasteiger charge is -2.11. The molecule has 0 amide bonds. The van der Waals surface area contributed by atoms with Crippen LogP contribution < -0.4 is 15.5 Å². The maximum absolute atomic E-state index is 13.8. The topological polar surface area (TPSA) is 45.7 Å². The van der Waals surface area contributed by atoms with E-state index in [0.717, 1.165) is 0 Å². The molecule has 2 N–H and O–H groups in total. The van der Waals surface area contributed by atoms with Crippen molar-refractivity contribution in [3.05, 3.63) is 77.1 Å². The summed E-state index contributed by atoms with van der Waals surface area (Å²) in [5.74, 6) is 0.149. The van der Waals surface area contributed by atoms with Gasteiger partial charge in [0.25, 0.3) is 0 Å². The molecular formula is C18H17ClFN3OS. The Morgan fingerprint density at radius 2 is 2.08 bits per heavy atom. The van der Waals surface area contributed by atoms with Crippen LogP contribution in [0, 0.1) is 5.82 Å². The van der Waals surface area contributed by atoms with Crippen molar-refractivity contribution in [2.75, 3.05) is 6.54 Å². The van der Waals surface area contributed by atoms with E-state index < -0.39 is 5.82 Å². The summed E-state index contributed by atoms with van der Waals surface area (Å²) in [6.07, 6.45) is 3.26. The first-order chi connectivity index (χ1) is 12.1. The lowest BCUT2D eigenvalue weighted by Crippen LogP contribution is -2.31. The van der Waals surface area contributed by atoms with Gasteiger partial charge in [-0.2, -0.15) is 5.10 Å². The SMILES string of the molecule is C=CCNC(=S)N/N=C/c1ccccc1OCc1c(F)cccc1Cl. The Kier molecular flexibility index (Phi) is 7.37. The molecule has 0 aromatic heterocycles. The third-order valence-electron chi connectivity index (χ3n) is 3.13. The second-order valence-corrected chi connectivity index (χ2v) is 5.71. The maximum Gasteiger partial charge on any atom is 0.187 e. The minimum Gasteiger partial charge on any atom is -0.488 e. The van der Waals surface area contributed by atoms with Gasteiger partial charge < -0.3 is 10.1 Å². The summed E-state index contributed by atoms with van der Waals surface area (Å²) in [5.41, 5.74) is 3.72. The Hall–Kier alpha value is -2.44. The van der Waals surface area contributed by atoms with E-state index >= 15 is 0 Å². The Labute approximate surface area is 156 Å². The van der Waals surface area contributed by atoms with Crippen molar-refractivity contribution in [3.63, 3.8) is 0 Å². The van der Waals surface area contributed by atoms with E-state index in [4.69, 9.17) is 28.6 Å². The predicted octanol–water partition coefficient (Wildman–Crippen LogP) is 4.04. The highest BCUT2D eigenvalue weighted by atomic mass is 35.5. The molecule has 0 unspecified atom stereocenters. The number of ether oxygens (including phenoxy) is 1. The summed E-state index contributed by atoms with van der Waals surface area (Å²) in [4.78, 5) is 0. The Bertz CT molecular complexity index is 762. The molecule has 0 radical (unpaired) electrons. The van der Waals surface area contributed by atoms with Crippen LogP contribution in [0.2, 0.25) is 5.02 Å². The number of para-hydroxylation sites is 1. The molecule has 2 aromatic carbocycles. The van der Waals surface area contributed by atoms with Crippen molar-refractivity contribution in [2.24, 2.45) is 5.10 Å². The third kappa shape index (κ3) is 5.85. The minimum atomic E-state index is -0.404. The molecule has 2 aromatic rings. The third-order valence-corrected chi connectivity index (χ3v) is 3.72. The molecule has 0 aliphatic heterocycles. The van der Waals surface area contributed by atoms with Crippen molar-refractivity contribution >= 4 is 35.1 Å². The number of benzene rings is 2. The summed E-state index contributed by atoms with van der Waals surface area (Å²) in [6, 6.07) is 11.8. The number of hydrogen-bond donors (Lipinski definition) is 2.